The van der Waals surface area contributed by atoms with E-state index in [-0.39, 0.29) is 12.0 Å². The van der Waals surface area contributed by atoms with E-state index in [0.717, 1.165) is 23.9 Å². The second-order valence-corrected chi connectivity index (χ2v) is 5.36. The summed E-state index contributed by atoms with van der Waals surface area (Å²) in [5.41, 5.74) is 2.17. The van der Waals surface area contributed by atoms with Gasteiger partial charge in [-0.2, -0.15) is 5.26 Å². The van der Waals surface area contributed by atoms with Gasteiger partial charge in [0.05, 0.1) is 35.4 Å². The topological polar surface area (TPSA) is 41.6 Å². The molecular weight excluding hydrogens is 222 g/mol. The first-order chi connectivity index (χ1) is 8.79. The van der Waals surface area contributed by atoms with Crippen molar-refractivity contribution in [3.05, 3.63) is 30.6 Å². The van der Waals surface area contributed by atoms with Crippen LogP contribution < -0.4 is 0 Å². The highest BCUT2D eigenvalue weighted by molar-refractivity contribution is 5.75. The molecule has 3 unspecified atom stereocenters. The molecular formula is C15H17N3. The summed E-state index contributed by atoms with van der Waals surface area (Å²) in [6, 6.07) is 10.9. The molecule has 0 radical (unpaired) electrons. The lowest BCUT2D eigenvalue weighted by Crippen LogP contribution is -2.25. The highest BCUT2D eigenvalue weighted by Crippen LogP contribution is 2.38. The van der Waals surface area contributed by atoms with Gasteiger partial charge in [0.1, 0.15) is 0 Å². The van der Waals surface area contributed by atoms with E-state index < -0.39 is 0 Å². The summed E-state index contributed by atoms with van der Waals surface area (Å²) < 4.78 is 2.21. The van der Waals surface area contributed by atoms with Gasteiger partial charge in [-0.3, -0.25) is 0 Å². The van der Waals surface area contributed by atoms with Crippen molar-refractivity contribution in [1.82, 2.24) is 9.55 Å². The van der Waals surface area contributed by atoms with Crippen LogP contribution in [-0.4, -0.2) is 9.55 Å². The van der Waals surface area contributed by atoms with E-state index in [4.69, 9.17) is 0 Å². The Hall–Kier alpha value is -1.82. The summed E-state index contributed by atoms with van der Waals surface area (Å²) in [4.78, 5) is 4.44. The Morgan fingerprint density at radius 2 is 2.17 bits per heavy atom. The van der Waals surface area contributed by atoms with Crippen molar-refractivity contribution in [2.24, 2.45) is 11.8 Å². The Labute approximate surface area is 107 Å². The summed E-state index contributed by atoms with van der Waals surface area (Å²) >= 11 is 0. The summed E-state index contributed by atoms with van der Waals surface area (Å²) in [7, 11) is 0. The fourth-order valence-corrected chi connectivity index (χ4v) is 3.05. The third-order valence-electron chi connectivity index (χ3n) is 4.08. The van der Waals surface area contributed by atoms with Crippen molar-refractivity contribution >= 4 is 11.0 Å². The molecule has 1 aliphatic rings. The Morgan fingerprint density at radius 3 is 3.00 bits per heavy atom. The number of para-hydroxylation sites is 2. The highest BCUT2D eigenvalue weighted by atomic mass is 15.1. The maximum Gasteiger partial charge on any atom is 0.0961 e. The zero-order valence-electron chi connectivity index (χ0n) is 10.6. The number of nitriles is 1. The molecule has 0 saturated heterocycles. The molecule has 1 aromatic heterocycles. The molecule has 92 valence electrons. The van der Waals surface area contributed by atoms with Gasteiger partial charge >= 0.3 is 0 Å². The number of nitrogens with zero attached hydrogens (tertiary/aromatic N) is 3. The van der Waals surface area contributed by atoms with Crippen molar-refractivity contribution in [3.8, 4) is 6.07 Å². The van der Waals surface area contributed by atoms with Gasteiger partial charge in [-0.15, -0.1) is 0 Å². The average Bonchev–Trinajstić information content (AvgIpc) is 2.82. The van der Waals surface area contributed by atoms with Crippen molar-refractivity contribution in [2.45, 2.75) is 32.2 Å². The van der Waals surface area contributed by atoms with Crippen LogP contribution in [0.3, 0.4) is 0 Å². The highest BCUT2D eigenvalue weighted by Gasteiger charge is 2.30. The third-order valence-corrected chi connectivity index (χ3v) is 4.08. The number of aromatic nitrogens is 2. The van der Waals surface area contributed by atoms with Crippen LogP contribution in [0.5, 0.6) is 0 Å². The number of rotatable bonds is 1. The lowest BCUT2D eigenvalue weighted by Gasteiger charge is -2.32. The molecule has 1 fully saturated rings. The predicted molar refractivity (Wildman–Crippen MR) is 70.9 cm³/mol. The largest absolute Gasteiger partial charge is 0.326 e. The molecule has 18 heavy (non-hydrogen) atoms. The fourth-order valence-electron chi connectivity index (χ4n) is 3.05. The second kappa shape index (κ2) is 4.45. The normalized spacial score (nSPS) is 28.1. The lowest BCUT2D eigenvalue weighted by molar-refractivity contribution is 0.236. The fraction of sp³-hybridized carbons (Fsp3) is 0.467. The summed E-state index contributed by atoms with van der Waals surface area (Å²) in [5.74, 6) is 0.819. The van der Waals surface area contributed by atoms with E-state index in [1.54, 1.807) is 0 Å². The van der Waals surface area contributed by atoms with E-state index >= 15 is 0 Å². The number of hydrogen-bond donors (Lipinski definition) is 0. The smallest absolute Gasteiger partial charge is 0.0961 e. The van der Waals surface area contributed by atoms with Gasteiger partial charge in [0.15, 0.2) is 0 Å². The van der Waals surface area contributed by atoms with Crippen LogP contribution in [0.25, 0.3) is 11.0 Å². The van der Waals surface area contributed by atoms with Crippen LogP contribution in [-0.2, 0) is 0 Å². The monoisotopic (exact) mass is 239 g/mol. The van der Waals surface area contributed by atoms with Crippen LogP contribution in [0.4, 0.5) is 0 Å². The average molecular weight is 239 g/mol. The summed E-state index contributed by atoms with van der Waals surface area (Å²) in [6.07, 6.45) is 5.16. The molecule has 3 rings (SSSR count). The van der Waals surface area contributed by atoms with Crippen LogP contribution in [0.2, 0.25) is 0 Å². The predicted octanol–water partition coefficient (Wildman–Crippen LogP) is 3.54. The Morgan fingerprint density at radius 1 is 1.33 bits per heavy atom. The van der Waals surface area contributed by atoms with Crippen LogP contribution in [0.15, 0.2) is 30.6 Å². The second-order valence-electron chi connectivity index (χ2n) is 5.36. The van der Waals surface area contributed by atoms with Crippen LogP contribution in [0.1, 0.15) is 32.2 Å². The summed E-state index contributed by atoms with van der Waals surface area (Å²) in [5, 5.41) is 9.33. The molecule has 3 heteroatoms. The Balaban J connectivity index is 2.04. The van der Waals surface area contributed by atoms with Gasteiger partial charge < -0.3 is 4.57 Å². The van der Waals surface area contributed by atoms with Gasteiger partial charge in [-0.05, 0) is 37.3 Å². The summed E-state index contributed by atoms with van der Waals surface area (Å²) in [6.45, 7) is 2.28. The maximum absolute atomic E-state index is 9.33. The van der Waals surface area contributed by atoms with Gasteiger partial charge in [0, 0.05) is 0 Å². The van der Waals surface area contributed by atoms with Crippen molar-refractivity contribution < 1.29 is 0 Å². The maximum atomic E-state index is 9.33. The molecule has 0 spiro atoms. The molecule has 0 bridgehead atoms. The Kier molecular flexibility index (Phi) is 2.79. The van der Waals surface area contributed by atoms with Crippen molar-refractivity contribution in [2.75, 3.05) is 0 Å². The van der Waals surface area contributed by atoms with Gasteiger partial charge in [0.2, 0.25) is 0 Å². The first-order valence-electron chi connectivity index (χ1n) is 6.61. The van der Waals surface area contributed by atoms with Crippen molar-refractivity contribution in [3.63, 3.8) is 0 Å². The molecule has 0 aliphatic heterocycles. The minimum Gasteiger partial charge on any atom is -0.326 e. The third kappa shape index (κ3) is 1.78. The molecule has 1 aromatic carbocycles. The van der Waals surface area contributed by atoms with Gasteiger partial charge in [-0.1, -0.05) is 19.1 Å². The molecule has 2 aromatic rings. The van der Waals surface area contributed by atoms with E-state index in [1.807, 2.05) is 24.5 Å². The van der Waals surface area contributed by atoms with E-state index in [0.29, 0.717) is 5.92 Å². The SMILES string of the molecule is CC1CCC(C#N)C(n2cnc3ccccc32)C1. The first kappa shape index (κ1) is 11.3. The van der Waals surface area contributed by atoms with Crippen LogP contribution >= 0.6 is 0 Å². The molecule has 3 atom stereocenters. The zero-order chi connectivity index (χ0) is 12.5. The standard InChI is InChI=1S/C15H17N3/c1-11-6-7-12(9-16)15(8-11)18-10-17-13-4-2-3-5-14(13)18/h2-5,10-12,15H,6-8H2,1H3. The number of imidazole rings is 1. The number of hydrogen-bond acceptors (Lipinski definition) is 2. The number of benzene rings is 1. The molecule has 3 nitrogen and oxygen atoms in total. The van der Waals surface area contributed by atoms with Gasteiger partial charge in [-0.25, -0.2) is 4.98 Å². The minimum atomic E-state index is 0.124. The van der Waals surface area contributed by atoms with Gasteiger partial charge in [0.25, 0.3) is 0 Å². The molecule has 1 heterocycles. The van der Waals surface area contributed by atoms with E-state index in [2.05, 4.69) is 28.6 Å². The quantitative estimate of drug-likeness (QED) is 0.763. The molecule has 0 N–H and O–H groups in total. The minimum absolute atomic E-state index is 0.124. The number of fused-ring (bicyclic) bond motifs is 1. The molecule has 0 amide bonds. The molecule has 1 aliphatic carbocycles. The van der Waals surface area contributed by atoms with E-state index in [9.17, 15) is 5.26 Å². The van der Waals surface area contributed by atoms with E-state index in [1.165, 1.54) is 6.42 Å². The first-order valence-corrected chi connectivity index (χ1v) is 6.61. The lowest BCUT2D eigenvalue weighted by atomic mass is 9.79. The Bertz CT molecular complexity index is 593. The van der Waals surface area contributed by atoms with Crippen LogP contribution in [0, 0.1) is 23.2 Å². The van der Waals surface area contributed by atoms with Crippen molar-refractivity contribution in [1.29, 1.82) is 5.26 Å². The zero-order valence-corrected chi connectivity index (χ0v) is 10.6. The molecule has 1 saturated carbocycles.